The topological polar surface area (TPSA) is 64.1 Å². The van der Waals surface area contributed by atoms with Crippen molar-refractivity contribution in [1.82, 2.24) is 4.98 Å². The predicted molar refractivity (Wildman–Crippen MR) is 106 cm³/mol. The highest BCUT2D eigenvalue weighted by atomic mass is 35.5. The first-order valence-electron chi connectivity index (χ1n) is 8.06. The summed E-state index contributed by atoms with van der Waals surface area (Å²) < 4.78 is 22.5. The van der Waals surface area contributed by atoms with Crippen molar-refractivity contribution >= 4 is 39.4 Å². The third-order valence-corrected chi connectivity index (χ3v) is 5.51. The Morgan fingerprint density at radius 1 is 1.08 bits per heavy atom. The van der Waals surface area contributed by atoms with E-state index in [0.29, 0.717) is 5.69 Å². The zero-order valence-corrected chi connectivity index (χ0v) is 17.0. The van der Waals surface area contributed by atoms with E-state index in [0.717, 1.165) is 48.2 Å². The van der Waals surface area contributed by atoms with Crippen molar-refractivity contribution in [3.05, 3.63) is 51.5 Å². The van der Waals surface area contributed by atoms with E-state index in [1.54, 1.807) is 0 Å². The molecule has 0 atom stereocenters. The van der Waals surface area contributed by atoms with Gasteiger partial charge in [0, 0.05) is 11.1 Å². The molecule has 0 unspecified atom stereocenters. The van der Waals surface area contributed by atoms with Gasteiger partial charge >= 0.3 is 0 Å². The largest absolute Gasteiger partial charge is 0.291 e. The molecule has 1 heterocycles. The van der Waals surface area contributed by atoms with Crippen molar-refractivity contribution in [2.75, 3.05) is 12.0 Å². The van der Waals surface area contributed by atoms with Crippen molar-refractivity contribution in [1.29, 1.82) is 0 Å². The quantitative estimate of drug-likeness (QED) is 0.469. The zero-order chi connectivity index (χ0) is 17.6. The number of nitrogens with zero attached hydrogens (tertiary/aromatic N) is 1. The third-order valence-electron chi connectivity index (χ3n) is 3.70. The minimum Gasteiger partial charge on any atom is -0.291 e. The van der Waals surface area contributed by atoms with E-state index in [9.17, 15) is 13.2 Å². The van der Waals surface area contributed by atoms with Gasteiger partial charge in [0.1, 0.15) is 11.4 Å². The van der Waals surface area contributed by atoms with E-state index in [1.165, 1.54) is 16.9 Å². The van der Waals surface area contributed by atoms with Gasteiger partial charge in [-0.15, -0.1) is 23.7 Å². The maximum Gasteiger partial charge on any atom is 0.197 e. The Morgan fingerprint density at radius 3 is 2.36 bits per heavy atom. The number of benzene rings is 1. The second kappa shape index (κ2) is 10.0. The second-order valence-corrected chi connectivity index (χ2v) is 9.48. The Morgan fingerprint density at radius 2 is 1.72 bits per heavy atom. The number of unbranched alkanes of at least 4 members (excludes halogenated alkanes) is 2. The molecule has 1 aromatic carbocycles. The van der Waals surface area contributed by atoms with E-state index in [4.69, 9.17) is 0 Å². The monoisotopic (exact) mass is 401 g/mol. The summed E-state index contributed by atoms with van der Waals surface area (Å²) in [5.41, 5.74) is 1.68. The van der Waals surface area contributed by atoms with Crippen LogP contribution in [0.4, 0.5) is 0 Å². The van der Waals surface area contributed by atoms with Crippen LogP contribution in [0.5, 0.6) is 0 Å². The van der Waals surface area contributed by atoms with Crippen LogP contribution in [0.2, 0.25) is 0 Å². The SMILES string of the molecule is Cc1sc(CCCCCc2ccccc2)nc1C(=O)CS(C)(=O)=O.Cl. The smallest absolute Gasteiger partial charge is 0.197 e. The molecule has 2 aromatic rings. The van der Waals surface area contributed by atoms with Gasteiger partial charge in [-0.25, -0.2) is 13.4 Å². The standard InChI is InChI=1S/C18H23NO3S2.ClH/c1-14-18(16(20)13-24(2,21)22)19-17(23-14)12-8-4-7-11-15-9-5-3-6-10-15;/h3,5-6,9-10H,4,7-8,11-13H2,1-2H3;1H. The Balaban J connectivity index is 0.00000312. The first-order chi connectivity index (χ1) is 11.3. The van der Waals surface area contributed by atoms with E-state index in [1.807, 2.05) is 13.0 Å². The number of carbonyl (C=O) groups excluding carboxylic acids is 1. The van der Waals surface area contributed by atoms with Gasteiger partial charge < -0.3 is 0 Å². The molecule has 0 spiro atoms. The second-order valence-electron chi connectivity index (χ2n) is 6.05. The molecule has 0 saturated carbocycles. The third kappa shape index (κ3) is 7.67. The van der Waals surface area contributed by atoms with Crippen molar-refractivity contribution in [3.8, 4) is 0 Å². The van der Waals surface area contributed by atoms with Gasteiger partial charge in [-0.2, -0.15) is 0 Å². The molecule has 7 heteroatoms. The predicted octanol–water partition coefficient (Wildman–Crippen LogP) is 4.06. The maximum atomic E-state index is 12.0. The molecule has 138 valence electrons. The lowest BCUT2D eigenvalue weighted by Gasteiger charge is -2.01. The van der Waals surface area contributed by atoms with Crippen molar-refractivity contribution in [2.24, 2.45) is 0 Å². The summed E-state index contributed by atoms with van der Waals surface area (Å²) in [7, 11) is -3.31. The molecule has 0 radical (unpaired) electrons. The Kier molecular flexibility index (Phi) is 8.76. The lowest BCUT2D eigenvalue weighted by molar-refractivity contribution is 0.101. The van der Waals surface area contributed by atoms with Crippen LogP contribution in [0.3, 0.4) is 0 Å². The molecule has 0 amide bonds. The lowest BCUT2D eigenvalue weighted by Crippen LogP contribution is -2.15. The summed E-state index contributed by atoms with van der Waals surface area (Å²) in [6.07, 6.45) is 6.26. The number of ketones is 1. The lowest BCUT2D eigenvalue weighted by atomic mass is 10.1. The number of sulfone groups is 1. The molecule has 25 heavy (non-hydrogen) atoms. The molecule has 0 aliphatic rings. The van der Waals surface area contributed by atoms with Gasteiger partial charge in [-0.1, -0.05) is 36.8 Å². The summed E-state index contributed by atoms with van der Waals surface area (Å²) >= 11 is 1.50. The molecule has 0 aliphatic carbocycles. The number of Topliss-reactive ketones (excluding diaryl/α,β-unsaturated/α-hetero) is 1. The highest BCUT2D eigenvalue weighted by Crippen LogP contribution is 2.20. The molecular weight excluding hydrogens is 378 g/mol. The minimum atomic E-state index is -3.31. The number of hydrogen-bond acceptors (Lipinski definition) is 5. The van der Waals surface area contributed by atoms with Crippen molar-refractivity contribution in [2.45, 2.75) is 39.0 Å². The van der Waals surface area contributed by atoms with Crippen LogP contribution in [0.15, 0.2) is 30.3 Å². The number of carbonyl (C=O) groups is 1. The fraction of sp³-hybridized carbons (Fsp3) is 0.444. The van der Waals surface area contributed by atoms with Crippen LogP contribution in [0, 0.1) is 6.92 Å². The summed E-state index contributed by atoms with van der Waals surface area (Å²) in [5.74, 6) is -0.866. The summed E-state index contributed by atoms with van der Waals surface area (Å²) in [5, 5.41) is 0.920. The van der Waals surface area contributed by atoms with Crippen LogP contribution in [-0.4, -0.2) is 31.2 Å². The number of aryl methyl sites for hydroxylation is 3. The van der Waals surface area contributed by atoms with E-state index < -0.39 is 21.4 Å². The summed E-state index contributed by atoms with van der Waals surface area (Å²) in [6, 6.07) is 10.4. The van der Waals surface area contributed by atoms with Crippen LogP contribution in [0.25, 0.3) is 0 Å². The number of thiazole rings is 1. The fourth-order valence-electron chi connectivity index (χ4n) is 2.55. The molecule has 4 nitrogen and oxygen atoms in total. The molecule has 0 N–H and O–H groups in total. The van der Waals surface area contributed by atoms with Gasteiger partial charge in [0.2, 0.25) is 0 Å². The fourth-order valence-corrected chi connectivity index (χ4v) is 4.16. The van der Waals surface area contributed by atoms with Crippen molar-refractivity contribution in [3.63, 3.8) is 0 Å². The molecular formula is C18H24ClNO3S2. The first-order valence-corrected chi connectivity index (χ1v) is 10.9. The zero-order valence-electron chi connectivity index (χ0n) is 14.5. The van der Waals surface area contributed by atoms with Crippen LogP contribution in [0.1, 0.15) is 45.2 Å². The van der Waals surface area contributed by atoms with Crippen LogP contribution < -0.4 is 0 Å². The van der Waals surface area contributed by atoms with Gasteiger partial charge in [0.15, 0.2) is 15.6 Å². The number of aromatic nitrogens is 1. The van der Waals surface area contributed by atoms with Crippen molar-refractivity contribution < 1.29 is 13.2 Å². The van der Waals surface area contributed by atoms with Gasteiger partial charge in [0.25, 0.3) is 0 Å². The van der Waals surface area contributed by atoms with E-state index in [-0.39, 0.29) is 12.4 Å². The number of rotatable bonds is 9. The Bertz CT molecular complexity index is 786. The average Bonchev–Trinajstić information content (AvgIpc) is 2.87. The molecule has 1 aromatic heterocycles. The highest BCUT2D eigenvalue weighted by molar-refractivity contribution is 7.91. The van der Waals surface area contributed by atoms with E-state index >= 15 is 0 Å². The molecule has 2 rings (SSSR count). The van der Waals surface area contributed by atoms with Gasteiger partial charge in [-0.05, 0) is 38.2 Å². The molecule has 0 saturated heterocycles. The van der Waals surface area contributed by atoms with Crippen LogP contribution in [-0.2, 0) is 22.7 Å². The Labute approximate surface area is 160 Å². The van der Waals surface area contributed by atoms with Crippen LogP contribution >= 0.6 is 23.7 Å². The Hall–Kier alpha value is -1.24. The van der Waals surface area contributed by atoms with E-state index in [2.05, 4.69) is 29.2 Å². The minimum absolute atomic E-state index is 0. The molecule has 0 fully saturated rings. The maximum absolute atomic E-state index is 12.0. The average molecular weight is 402 g/mol. The number of hydrogen-bond donors (Lipinski definition) is 0. The molecule has 0 bridgehead atoms. The van der Waals surface area contributed by atoms with Gasteiger partial charge in [-0.3, -0.25) is 4.79 Å². The first kappa shape index (κ1) is 21.8. The summed E-state index contributed by atoms with van der Waals surface area (Å²) in [4.78, 5) is 17.2. The van der Waals surface area contributed by atoms with Gasteiger partial charge in [0.05, 0.1) is 5.01 Å². The normalized spacial score (nSPS) is 11.1. The number of halogens is 1. The summed E-state index contributed by atoms with van der Waals surface area (Å²) in [6.45, 7) is 1.83. The molecule has 0 aliphatic heterocycles. The highest BCUT2D eigenvalue weighted by Gasteiger charge is 2.19.